The Hall–Kier alpha value is -1.36. The molecule has 0 aromatic carbocycles. The van der Waals surface area contributed by atoms with Crippen molar-refractivity contribution >= 4 is 5.91 Å². The minimum Gasteiger partial charge on any atom is -0.361 e. The molecule has 2 N–H and O–H groups in total. The van der Waals surface area contributed by atoms with Gasteiger partial charge in [-0.2, -0.15) is 0 Å². The number of hydrogen-bond donors (Lipinski definition) is 1. The minimum atomic E-state index is 0.132. The predicted molar refractivity (Wildman–Crippen MR) is 67.6 cm³/mol. The molecule has 0 bridgehead atoms. The first-order chi connectivity index (χ1) is 8.71. The third-order valence-corrected chi connectivity index (χ3v) is 3.75. The molecule has 1 aromatic rings. The standard InChI is InChI=1S/C13H21N3O2/c1-3-9(4-2)13(17)16-6-5-12-10(8-16)11(7-14)15-18-12/h9H,3-8,14H2,1-2H3. The molecule has 100 valence electrons. The molecule has 0 radical (unpaired) electrons. The molecule has 1 aliphatic heterocycles. The average molecular weight is 251 g/mol. The summed E-state index contributed by atoms with van der Waals surface area (Å²) in [5.41, 5.74) is 7.43. The van der Waals surface area contributed by atoms with Crippen molar-refractivity contribution in [2.45, 2.75) is 46.2 Å². The van der Waals surface area contributed by atoms with Crippen LogP contribution in [0.5, 0.6) is 0 Å². The summed E-state index contributed by atoms with van der Waals surface area (Å²) in [6, 6.07) is 0. The smallest absolute Gasteiger partial charge is 0.225 e. The third kappa shape index (κ3) is 2.27. The molecule has 1 aliphatic rings. The quantitative estimate of drug-likeness (QED) is 0.879. The molecule has 18 heavy (non-hydrogen) atoms. The average Bonchev–Trinajstić information content (AvgIpc) is 2.81. The first-order valence-electron chi connectivity index (χ1n) is 6.66. The van der Waals surface area contributed by atoms with E-state index in [-0.39, 0.29) is 11.8 Å². The van der Waals surface area contributed by atoms with Crippen LogP contribution in [-0.4, -0.2) is 22.5 Å². The van der Waals surface area contributed by atoms with E-state index in [4.69, 9.17) is 10.3 Å². The highest BCUT2D eigenvalue weighted by atomic mass is 16.5. The van der Waals surface area contributed by atoms with Crippen molar-refractivity contribution in [3.05, 3.63) is 17.0 Å². The molecule has 0 atom stereocenters. The van der Waals surface area contributed by atoms with Crippen molar-refractivity contribution in [3.63, 3.8) is 0 Å². The molecule has 1 amide bonds. The molecular weight excluding hydrogens is 230 g/mol. The zero-order valence-electron chi connectivity index (χ0n) is 11.1. The Labute approximate surface area is 107 Å². The lowest BCUT2D eigenvalue weighted by atomic mass is 9.99. The van der Waals surface area contributed by atoms with Gasteiger partial charge in [-0.3, -0.25) is 4.79 Å². The van der Waals surface area contributed by atoms with Crippen LogP contribution in [0.3, 0.4) is 0 Å². The summed E-state index contributed by atoms with van der Waals surface area (Å²) in [6.07, 6.45) is 2.53. The second-order valence-corrected chi connectivity index (χ2v) is 4.76. The number of rotatable bonds is 4. The van der Waals surface area contributed by atoms with Crippen molar-refractivity contribution in [1.29, 1.82) is 0 Å². The second kappa shape index (κ2) is 5.52. The zero-order valence-corrected chi connectivity index (χ0v) is 11.1. The van der Waals surface area contributed by atoms with Gasteiger partial charge in [-0.05, 0) is 12.8 Å². The van der Waals surface area contributed by atoms with Crippen molar-refractivity contribution in [1.82, 2.24) is 10.1 Å². The minimum absolute atomic E-state index is 0.132. The van der Waals surface area contributed by atoms with Crippen LogP contribution in [0, 0.1) is 5.92 Å². The van der Waals surface area contributed by atoms with Gasteiger partial charge in [0.05, 0.1) is 6.54 Å². The molecule has 5 heteroatoms. The predicted octanol–water partition coefficient (Wildman–Crippen LogP) is 1.45. The maximum absolute atomic E-state index is 12.3. The van der Waals surface area contributed by atoms with Crippen LogP contribution in [0.1, 0.15) is 43.7 Å². The summed E-state index contributed by atoms with van der Waals surface area (Å²) < 4.78 is 5.25. The van der Waals surface area contributed by atoms with E-state index in [1.54, 1.807) is 0 Å². The number of fused-ring (bicyclic) bond motifs is 1. The molecule has 2 rings (SSSR count). The number of carbonyl (C=O) groups excluding carboxylic acids is 1. The Morgan fingerprint density at radius 2 is 2.22 bits per heavy atom. The molecule has 5 nitrogen and oxygen atoms in total. The van der Waals surface area contributed by atoms with Crippen LogP contribution >= 0.6 is 0 Å². The van der Waals surface area contributed by atoms with Crippen LogP contribution in [-0.2, 0) is 24.3 Å². The van der Waals surface area contributed by atoms with Crippen molar-refractivity contribution in [3.8, 4) is 0 Å². The topological polar surface area (TPSA) is 72.4 Å². The van der Waals surface area contributed by atoms with E-state index >= 15 is 0 Å². The fourth-order valence-electron chi connectivity index (χ4n) is 2.51. The Kier molecular flexibility index (Phi) is 4.01. The maximum Gasteiger partial charge on any atom is 0.225 e. The van der Waals surface area contributed by atoms with Crippen LogP contribution < -0.4 is 5.73 Å². The molecule has 1 aromatic heterocycles. The second-order valence-electron chi connectivity index (χ2n) is 4.76. The van der Waals surface area contributed by atoms with Gasteiger partial charge < -0.3 is 15.2 Å². The lowest BCUT2D eigenvalue weighted by Crippen LogP contribution is -2.39. The molecule has 0 fully saturated rings. The number of aromatic nitrogens is 1. The molecular formula is C13H21N3O2. The summed E-state index contributed by atoms with van der Waals surface area (Å²) in [5.74, 6) is 1.27. The Bertz CT molecular complexity index is 410. The van der Waals surface area contributed by atoms with Gasteiger partial charge in [0.2, 0.25) is 5.91 Å². The lowest BCUT2D eigenvalue weighted by Gasteiger charge is -2.29. The summed E-state index contributed by atoms with van der Waals surface area (Å²) in [5, 5.41) is 3.96. The molecule has 0 saturated heterocycles. The summed E-state index contributed by atoms with van der Waals surface area (Å²) in [6.45, 7) is 5.81. The van der Waals surface area contributed by atoms with E-state index in [9.17, 15) is 4.79 Å². The highest BCUT2D eigenvalue weighted by Gasteiger charge is 2.29. The van der Waals surface area contributed by atoms with Gasteiger partial charge in [-0.1, -0.05) is 19.0 Å². The first-order valence-corrected chi connectivity index (χ1v) is 6.66. The van der Waals surface area contributed by atoms with E-state index in [0.717, 1.165) is 42.8 Å². The van der Waals surface area contributed by atoms with E-state index in [2.05, 4.69) is 19.0 Å². The molecule has 2 heterocycles. The fraction of sp³-hybridized carbons (Fsp3) is 0.692. The van der Waals surface area contributed by atoms with Gasteiger partial charge in [-0.25, -0.2) is 0 Å². The largest absolute Gasteiger partial charge is 0.361 e. The third-order valence-electron chi connectivity index (χ3n) is 3.75. The van der Waals surface area contributed by atoms with Gasteiger partial charge in [0, 0.05) is 31.0 Å². The van der Waals surface area contributed by atoms with E-state index in [1.807, 2.05) is 4.90 Å². The highest BCUT2D eigenvalue weighted by Crippen LogP contribution is 2.24. The number of nitrogens with zero attached hydrogens (tertiary/aromatic N) is 2. The summed E-state index contributed by atoms with van der Waals surface area (Å²) in [7, 11) is 0. The Morgan fingerprint density at radius 1 is 1.50 bits per heavy atom. The number of carbonyl (C=O) groups is 1. The molecule has 0 unspecified atom stereocenters. The van der Waals surface area contributed by atoms with Gasteiger partial charge in [0.15, 0.2) is 0 Å². The number of amides is 1. The monoisotopic (exact) mass is 251 g/mol. The van der Waals surface area contributed by atoms with Crippen molar-refractivity contribution in [2.75, 3.05) is 6.54 Å². The van der Waals surface area contributed by atoms with E-state index in [0.29, 0.717) is 13.1 Å². The summed E-state index contributed by atoms with van der Waals surface area (Å²) >= 11 is 0. The van der Waals surface area contributed by atoms with Gasteiger partial charge in [0.1, 0.15) is 11.5 Å². The van der Waals surface area contributed by atoms with E-state index in [1.165, 1.54) is 0 Å². The fourth-order valence-corrected chi connectivity index (χ4v) is 2.51. The molecule has 0 spiro atoms. The maximum atomic E-state index is 12.3. The van der Waals surface area contributed by atoms with Crippen molar-refractivity contribution in [2.24, 2.45) is 11.7 Å². The van der Waals surface area contributed by atoms with Crippen LogP contribution in [0.2, 0.25) is 0 Å². The van der Waals surface area contributed by atoms with Gasteiger partial charge in [0.25, 0.3) is 0 Å². The van der Waals surface area contributed by atoms with Crippen molar-refractivity contribution < 1.29 is 9.32 Å². The first kappa shape index (κ1) is 13.1. The lowest BCUT2D eigenvalue weighted by molar-refractivity contribution is -0.136. The molecule has 0 saturated carbocycles. The van der Waals surface area contributed by atoms with Gasteiger partial charge in [-0.15, -0.1) is 0 Å². The van der Waals surface area contributed by atoms with Crippen LogP contribution in [0.4, 0.5) is 0 Å². The van der Waals surface area contributed by atoms with Gasteiger partial charge >= 0.3 is 0 Å². The van der Waals surface area contributed by atoms with Crippen LogP contribution in [0.15, 0.2) is 4.52 Å². The normalized spacial score (nSPS) is 15.0. The van der Waals surface area contributed by atoms with Crippen LogP contribution in [0.25, 0.3) is 0 Å². The number of hydrogen-bond acceptors (Lipinski definition) is 4. The summed E-state index contributed by atoms with van der Waals surface area (Å²) in [4.78, 5) is 14.2. The van der Waals surface area contributed by atoms with E-state index < -0.39 is 0 Å². The number of nitrogens with two attached hydrogens (primary N) is 1. The highest BCUT2D eigenvalue weighted by molar-refractivity contribution is 5.79. The Balaban J connectivity index is 2.13. The Morgan fingerprint density at radius 3 is 2.83 bits per heavy atom. The SMILES string of the molecule is CCC(CC)C(=O)N1CCc2onc(CN)c2C1. The zero-order chi connectivity index (χ0) is 13.1. The molecule has 0 aliphatic carbocycles.